The summed E-state index contributed by atoms with van der Waals surface area (Å²) >= 11 is 0. The Labute approximate surface area is 113 Å². The predicted octanol–water partition coefficient (Wildman–Crippen LogP) is 1.92. The number of rotatable bonds is 5. The van der Waals surface area contributed by atoms with E-state index in [2.05, 4.69) is 30.7 Å². The van der Waals surface area contributed by atoms with Crippen molar-refractivity contribution in [3.63, 3.8) is 0 Å². The molecule has 2 fully saturated rings. The van der Waals surface area contributed by atoms with E-state index in [1.165, 1.54) is 51.7 Å². The molecular weight excluding hydrogens is 222 g/mol. The smallest absolute Gasteiger partial charge is 0.0307 e. The second kappa shape index (κ2) is 5.89. The first-order valence-corrected chi connectivity index (χ1v) is 7.74. The molecule has 3 nitrogen and oxygen atoms in total. The van der Waals surface area contributed by atoms with Gasteiger partial charge in [-0.2, -0.15) is 0 Å². The molecule has 18 heavy (non-hydrogen) atoms. The highest BCUT2D eigenvalue weighted by Gasteiger charge is 2.38. The van der Waals surface area contributed by atoms with Crippen LogP contribution in [0.15, 0.2) is 0 Å². The number of piperazine rings is 1. The van der Waals surface area contributed by atoms with Crippen LogP contribution in [0.2, 0.25) is 0 Å². The average Bonchev–Trinajstić information content (AvgIpc) is 2.34. The van der Waals surface area contributed by atoms with Crippen molar-refractivity contribution in [2.75, 3.05) is 33.2 Å². The van der Waals surface area contributed by atoms with E-state index in [4.69, 9.17) is 5.73 Å². The van der Waals surface area contributed by atoms with Crippen LogP contribution in [0.5, 0.6) is 0 Å². The van der Waals surface area contributed by atoms with Crippen LogP contribution in [0.4, 0.5) is 0 Å². The monoisotopic (exact) mass is 253 g/mol. The maximum absolute atomic E-state index is 6.13. The maximum atomic E-state index is 6.13. The molecule has 0 radical (unpaired) electrons. The van der Waals surface area contributed by atoms with Crippen LogP contribution in [0.25, 0.3) is 0 Å². The Morgan fingerprint density at radius 3 is 2.50 bits per heavy atom. The lowest BCUT2D eigenvalue weighted by molar-refractivity contribution is 0.00208. The fourth-order valence-electron chi connectivity index (χ4n) is 3.54. The standard InChI is InChI=1S/C15H31N3/c1-4-14-11-18(9-8-17(14)3)15(2,12-16)10-13-6-5-7-13/h13-14H,4-12,16H2,1-3H3. The fourth-order valence-corrected chi connectivity index (χ4v) is 3.54. The third-order valence-electron chi connectivity index (χ3n) is 5.40. The van der Waals surface area contributed by atoms with E-state index in [1.54, 1.807) is 0 Å². The normalized spacial score (nSPS) is 31.0. The van der Waals surface area contributed by atoms with Crippen LogP contribution < -0.4 is 5.73 Å². The molecule has 1 aliphatic carbocycles. The van der Waals surface area contributed by atoms with Crippen molar-refractivity contribution >= 4 is 0 Å². The van der Waals surface area contributed by atoms with E-state index in [1.807, 2.05) is 0 Å². The second-order valence-corrected chi connectivity index (χ2v) is 6.69. The minimum atomic E-state index is 0.236. The Morgan fingerprint density at radius 2 is 2.00 bits per heavy atom. The molecule has 0 amide bonds. The molecule has 106 valence electrons. The zero-order valence-corrected chi connectivity index (χ0v) is 12.5. The molecule has 2 unspecified atom stereocenters. The number of nitrogens with zero attached hydrogens (tertiary/aromatic N) is 2. The van der Waals surface area contributed by atoms with Crippen molar-refractivity contribution in [1.29, 1.82) is 0 Å². The molecule has 2 aliphatic rings. The summed E-state index contributed by atoms with van der Waals surface area (Å²) in [5, 5.41) is 0. The van der Waals surface area contributed by atoms with Crippen LogP contribution in [-0.4, -0.2) is 54.6 Å². The lowest BCUT2D eigenvalue weighted by Crippen LogP contribution is -2.61. The molecule has 1 heterocycles. The summed E-state index contributed by atoms with van der Waals surface area (Å²) in [6.07, 6.45) is 6.85. The third kappa shape index (κ3) is 2.89. The zero-order chi connectivity index (χ0) is 13.2. The average molecular weight is 253 g/mol. The van der Waals surface area contributed by atoms with Crippen LogP contribution in [0, 0.1) is 5.92 Å². The Hall–Kier alpha value is -0.120. The van der Waals surface area contributed by atoms with E-state index in [0.29, 0.717) is 6.04 Å². The van der Waals surface area contributed by atoms with Crippen LogP contribution in [-0.2, 0) is 0 Å². The van der Waals surface area contributed by atoms with Crippen LogP contribution >= 0.6 is 0 Å². The van der Waals surface area contributed by atoms with Crippen LogP contribution in [0.1, 0.15) is 46.0 Å². The van der Waals surface area contributed by atoms with Gasteiger partial charge >= 0.3 is 0 Å². The number of likely N-dealkylation sites (N-methyl/N-ethyl adjacent to an activating group) is 1. The Bertz CT molecular complexity index is 264. The van der Waals surface area contributed by atoms with Gasteiger partial charge < -0.3 is 10.6 Å². The van der Waals surface area contributed by atoms with Gasteiger partial charge in [-0.25, -0.2) is 0 Å². The number of nitrogens with two attached hydrogens (primary N) is 1. The van der Waals surface area contributed by atoms with E-state index in [9.17, 15) is 0 Å². The Morgan fingerprint density at radius 1 is 1.28 bits per heavy atom. The lowest BCUT2D eigenvalue weighted by atomic mass is 9.75. The first-order chi connectivity index (χ1) is 8.59. The van der Waals surface area contributed by atoms with Gasteiger partial charge in [-0.3, -0.25) is 4.90 Å². The molecule has 3 heteroatoms. The molecule has 1 aliphatic heterocycles. The molecule has 2 rings (SSSR count). The first kappa shape index (κ1) is 14.3. The quantitative estimate of drug-likeness (QED) is 0.812. The summed E-state index contributed by atoms with van der Waals surface area (Å²) in [4.78, 5) is 5.19. The SMILES string of the molecule is CCC1CN(C(C)(CN)CC2CCC2)CCN1C. The van der Waals surface area contributed by atoms with Gasteiger partial charge in [0.05, 0.1) is 0 Å². The number of hydrogen-bond donors (Lipinski definition) is 1. The minimum absolute atomic E-state index is 0.236. The summed E-state index contributed by atoms with van der Waals surface area (Å²) in [5.74, 6) is 0.943. The highest BCUT2D eigenvalue weighted by molar-refractivity contribution is 4.95. The topological polar surface area (TPSA) is 32.5 Å². The largest absolute Gasteiger partial charge is 0.329 e. The Balaban J connectivity index is 1.97. The number of hydrogen-bond acceptors (Lipinski definition) is 3. The van der Waals surface area contributed by atoms with Gasteiger partial charge in [0.2, 0.25) is 0 Å². The van der Waals surface area contributed by atoms with E-state index < -0.39 is 0 Å². The lowest BCUT2D eigenvalue weighted by Gasteiger charge is -2.50. The van der Waals surface area contributed by atoms with Gasteiger partial charge in [0.25, 0.3) is 0 Å². The maximum Gasteiger partial charge on any atom is 0.0307 e. The molecular formula is C15H31N3. The first-order valence-electron chi connectivity index (χ1n) is 7.74. The van der Waals surface area contributed by atoms with Crippen molar-refractivity contribution in [2.45, 2.75) is 57.5 Å². The van der Waals surface area contributed by atoms with Gasteiger partial charge in [0.15, 0.2) is 0 Å². The van der Waals surface area contributed by atoms with Crippen molar-refractivity contribution in [1.82, 2.24) is 9.80 Å². The summed E-state index contributed by atoms with van der Waals surface area (Å²) in [5.41, 5.74) is 6.37. The summed E-state index contributed by atoms with van der Waals surface area (Å²) in [7, 11) is 2.26. The van der Waals surface area contributed by atoms with E-state index in [-0.39, 0.29) is 5.54 Å². The molecule has 0 spiro atoms. The molecule has 0 aromatic rings. The van der Waals surface area contributed by atoms with Crippen LogP contribution in [0.3, 0.4) is 0 Å². The molecule has 0 bridgehead atoms. The van der Waals surface area contributed by atoms with Gasteiger partial charge in [-0.1, -0.05) is 26.2 Å². The van der Waals surface area contributed by atoms with Gasteiger partial charge in [-0.15, -0.1) is 0 Å². The van der Waals surface area contributed by atoms with Crippen molar-refractivity contribution in [3.8, 4) is 0 Å². The third-order valence-corrected chi connectivity index (χ3v) is 5.40. The molecule has 1 saturated heterocycles. The van der Waals surface area contributed by atoms with Gasteiger partial charge in [0.1, 0.15) is 0 Å². The molecule has 2 atom stereocenters. The van der Waals surface area contributed by atoms with Gasteiger partial charge in [0, 0.05) is 37.8 Å². The van der Waals surface area contributed by atoms with Crippen molar-refractivity contribution in [3.05, 3.63) is 0 Å². The predicted molar refractivity (Wildman–Crippen MR) is 77.7 cm³/mol. The fraction of sp³-hybridized carbons (Fsp3) is 1.00. The highest BCUT2D eigenvalue weighted by Crippen LogP contribution is 2.36. The molecule has 0 aromatic heterocycles. The highest BCUT2D eigenvalue weighted by atomic mass is 15.3. The second-order valence-electron chi connectivity index (χ2n) is 6.69. The van der Waals surface area contributed by atoms with E-state index in [0.717, 1.165) is 12.5 Å². The molecule has 1 saturated carbocycles. The molecule has 0 aromatic carbocycles. The summed E-state index contributed by atoms with van der Waals surface area (Å²) < 4.78 is 0. The molecule has 2 N–H and O–H groups in total. The summed E-state index contributed by atoms with van der Waals surface area (Å²) in [6.45, 7) is 9.09. The summed E-state index contributed by atoms with van der Waals surface area (Å²) in [6, 6.07) is 0.714. The van der Waals surface area contributed by atoms with Crippen molar-refractivity contribution in [2.24, 2.45) is 11.7 Å². The minimum Gasteiger partial charge on any atom is -0.329 e. The van der Waals surface area contributed by atoms with Gasteiger partial charge in [-0.05, 0) is 32.7 Å². The van der Waals surface area contributed by atoms with E-state index >= 15 is 0 Å². The van der Waals surface area contributed by atoms with Crippen molar-refractivity contribution < 1.29 is 0 Å². The Kier molecular flexibility index (Phi) is 4.68. The zero-order valence-electron chi connectivity index (χ0n) is 12.5.